The lowest BCUT2D eigenvalue weighted by atomic mass is 9.63. The smallest absolute Gasteiger partial charge is 0.00911 e. The molecule has 0 spiro atoms. The summed E-state index contributed by atoms with van der Waals surface area (Å²) in [5.41, 5.74) is 3.95. The fourth-order valence-corrected chi connectivity index (χ4v) is 4.43. The highest BCUT2D eigenvalue weighted by molar-refractivity contribution is 9.09. The van der Waals surface area contributed by atoms with Crippen LogP contribution in [0.4, 0.5) is 0 Å². The van der Waals surface area contributed by atoms with Crippen molar-refractivity contribution in [1.82, 2.24) is 0 Å². The van der Waals surface area contributed by atoms with E-state index in [1.807, 2.05) is 0 Å². The van der Waals surface area contributed by atoms with Crippen molar-refractivity contribution in [1.29, 1.82) is 0 Å². The molecule has 0 amide bonds. The average Bonchev–Trinajstić information content (AvgIpc) is 2.41. The molecule has 0 aliphatic heterocycles. The third kappa shape index (κ3) is 3.67. The molecule has 1 saturated carbocycles. The average molecular weight is 337 g/mol. The number of rotatable bonds is 3. The van der Waals surface area contributed by atoms with Crippen molar-refractivity contribution >= 4 is 15.9 Å². The van der Waals surface area contributed by atoms with Crippen LogP contribution in [0.3, 0.4) is 0 Å². The Morgan fingerprint density at radius 2 is 1.75 bits per heavy atom. The van der Waals surface area contributed by atoms with E-state index in [2.05, 4.69) is 67.9 Å². The highest BCUT2D eigenvalue weighted by Crippen LogP contribution is 2.47. The van der Waals surface area contributed by atoms with Gasteiger partial charge in [-0.2, -0.15) is 0 Å². The second-order valence-corrected chi connectivity index (χ2v) is 8.44. The first-order chi connectivity index (χ1) is 9.36. The highest BCUT2D eigenvalue weighted by Gasteiger charge is 2.38. The van der Waals surface area contributed by atoms with Crippen molar-refractivity contribution < 1.29 is 0 Å². The quantitative estimate of drug-likeness (QED) is 0.580. The Bertz CT molecular complexity index is 433. The number of halogens is 1. The van der Waals surface area contributed by atoms with Crippen molar-refractivity contribution in [3.8, 4) is 0 Å². The predicted octanol–water partition coefficient (Wildman–Crippen LogP) is 6.16. The minimum Gasteiger partial charge on any atom is -0.0922 e. The third-order valence-electron chi connectivity index (χ3n) is 5.38. The zero-order chi connectivity index (χ0) is 14.8. The van der Waals surface area contributed by atoms with Crippen LogP contribution in [0.1, 0.15) is 57.6 Å². The summed E-state index contributed by atoms with van der Waals surface area (Å²) in [6.07, 6.45) is 6.76. The molecule has 0 saturated heterocycles. The second kappa shape index (κ2) is 6.22. The molecule has 0 nitrogen and oxygen atoms in total. The van der Waals surface area contributed by atoms with Crippen LogP contribution in [-0.2, 0) is 6.42 Å². The Hall–Kier alpha value is -0.300. The molecule has 112 valence electrons. The lowest BCUT2D eigenvalue weighted by molar-refractivity contribution is 0.103. The lowest BCUT2D eigenvalue weighted by Crippen LogP contribution is -2.35. The van der Waals surface area contributed by atoms with Crippen LogP contribution >= 0.6 is 15.9 Å². The molecule has 1 aromatic carbocycles. The fraction of sp³-hybridized carbons (Fsp3) is 0.684. The minimum absolute atomic E-state index is 0.473. The first-order valence-electron chi connectivity index (χ1n) is 7.97. The Morgan fingerprint density at radius 3 is 2.25 bits per heavy atom. The van der Waals surface area contributed by atoms with E-state index in [4.69, 9.17) is 0 Å². The van der Waals surface area contributed by atoms with Crippen molar-refractivity contribution in [3.63, 3.8) is 0 Å². The molecule has 0 aromatic heterocycles. The maximum atomic E-state index is 3.82. The molecule has 1 aliphatic carbocycles. The van der Waals surface area contributed by atoms with Crippen LogP contribution in [0.5, 0.6) is 0 Å². The summed E-state index contributed by atoms with van der Waals surface area (Å²) in [4.78, 5) is 0. The predicted molar refractivity (Wildman–Crippen MR) is 92.5 cm³/mol. The first-order valence-corrected chi connectivity index (χ1v) is 9.09. The van der Waals surface area contributed by atoms with Gasteiger partial charge < -0.3 is 0 Å². The summed E-state index contributed by atoms with van der Waals surface area (Å²) < 4.78 is 0. The van der Waals surface area contributed by atoms with Crippen molar-refractivity contribution in [2.75, 3.05) is 5.33 Å². The van der Waals surface area contributed by atoms with Gasteiger partial charge in [-0.05, 0) is 66.9 Å². The van der Waals surface area contributed by atoms with Gasteiger partial charge in [0.25, 0.3) is 0 Å². The van der Waals surface area contributed by atoms with E-state index < -0.39 is 0 Å². The van der Waals surface area contributed by atoms with Crippen molar-refractivity contribution in [3.05, 3.63) is 35.4 Å². The van der Waals surface area contributed by atoms with Crippen LogP contribution in [-0.4, -0.2) is 5.33 Å². The summed E-state index contributed by atoms with van der Waals surface area (Å²) in [6, 6.07) is 8.90. The minimum atomic E-state index is 0.473. The molecule has 1 fully saturated rings. The van der Waals surface area contributed by atoms with E-state index in [1.165, 1.54) is 37.7 Å². The SMILES string of the molecule is Cc1ccccc1CC1(CBr)CCC(C(C)(C)C)CC1. The summed E-state index contributed by atoms with van der Waals surface area (Å²) in [5.74, 6) is 0.895. The number of alkyl halides is 1. The Balaban J connectivity index is 2.08. The summed E-state index contributed by atoms with van der Waals surface area (Å²) in [6.45, 7) is 9.46. The normalized spacial score (nSPS) is 27.6. The molecule has 2 rings (SSSR count). The number of hydrogen-bond acceptors (Lipinski definition) is 0. The van der Waals surface area contributed by atoms with Gasteiger partial charge in [0.2, 0.25) is 0 Å². The zero-order valence-electron chi connectivity index (χ0n) is 13.5. The van der Waals surface area contributed by atoms with Crippen LogP contribution < -0.4 is 0 Å². The number of aryl methyl sites for hydroxylation is 1. The molecule has 20 heavy (non-hydrogen) atoms. The van der Waals surface area contributed by atoms with Gasteiger partial charge in [0.15, 0.2) is 0 Å². The van der Waals surface area contributed by atoms with E-state index in [0.29, 0.717) is 10.8 Å². The van der Waals surface area contributed by atoms with Crippen LogP contribution in [0.2, 0.25) is 0 Å². The summed E-state index contributed by atoms with van der Waals surface area (Å²) in [7, 11) is 0. The van der Waals surface area contributed by atoms with Crippen molar-refractivity contribution in [2.24, 2.45) is 16.7 Å². The molecule has 0 unspecified atom stereocenters. The highest BCUT2D eigenvalue weighted by atomic mass is 79.9. The third-order valence-corrected chi connectivity index (χ3v) is 6.57. The van der Waals surface area contributed by atoms with Gasteiger partial charge in [0, 0.05) is 5.33 Å². The molecule has 0 heterocycles. The molecule has 0 N–H and O–H groups in total. The van der Waals surface area contributed by atoms with Crippen LogP contribution in [0.25, 0.3) is 0 Å². The maximum absolute atomic E-state index is 3.82. The first kappa shape index (κ1) is 16.1. The van der Waals surface area contributed by atoms with Gasteiger partial charge in [0.05, 0.1) is 0 Å². The van der Waals surface area contributed by atoms with Gasteiger partial charge >= 0.3 is 0 Å². The van der Waals surface area contributed by atoms with E-state index in [1.54, 1.807) is 5.56 Å². The van der Waals surface area contributed by atoms with E-state index in [-0.39, 0.29) is 0 Å². The fourth-order valence-electron chi connectivity index (χ4n) is 3.67. The van der Waals surface area contributed by atoms with Gasteiger partial charge in [-0.25, -0.2) is 0 Å². The van der Waals surface area contributed by atoms with E-state index in [9.17, 15) is 0 Å². The standard InChI is InChI=1S/C19H29Br/c1-15-7-5-6-8-16(15)13-19(14-20)11-9-17(10-12-19)18(2,3)4/h5-8,17H,9-14H2,1-4H3. The van der Waals surface area contributed by atoms with E-state index in [0.717, 1.165) is 11.2 Å². The molecule has 0 radical (unpaired) electrons. The summed E-state index contributed by atoms with van der Waals surface area (Å²) in [5, 5.41) is 1.14. The zero-order valence-corrected chi connectivity index (χ0v) is 15.1. The molecular formula is C19H29Br. The Morgan fingerprint density at radius 1 is 1.15 bits per heavy atom. The van der Waals surface area contributed by atoms with E-state index >= 15 is 0 Å². The van der Waals surface area contributed by atoms with Gasteiger partial charge in [-0.15, -0.1) is 0 Å². The molecule has 1 heteroatoms. The Kier molecular flexibility index (Phi) is 5.00. The van der Waals surface area contributed by atoms with Crippen molar-refractivity contribution in [2.45, 2.75) is 59.8 Å². The van der Waals surface area contributed by atoms with Crippen LogP contribution in [0, 0.1) is 23.7 Å². The maximum Gasteiger partial charge on any atom is 0.00911 e. The largest absolute Gasteiger partial charge is 0.0922 e. The molecule has 1 aliphatic rings. The molecular weight excluding hydrogens is 308 g/mol. The second-order valence-electron chi connectivity index (χ2n) is 7.88. The van der Waals surface area contributed by atoms with Gasteiger partial charge in [-0.1, -0.05) is 61.0 Å². The van der Waals surface area contributed by atoms with Gasteiger partial charge in [-0.3, -0.25) is 0 Å². The Labute approximate surface area is 133 Å². The monoisotopic (exact) mass is 336 g/mol. The molecule has 0 bridgehead atoms. The molecule has 1 aromatic rings. The topological polar surface area (TPSA) is 0 Å². The number of hydrogen-bond donors (Lipinski definition) is 0. The van der Waals surface area contributed by atoms with Gasteiger partial charge in [0.1, 0.15) is 0 Å². The lowest BCUT2D eigenvalue weighted by Gasteiger charge is -2.43. The van der Waals surface area contributed by atoms with Crippen LogP contribution in [0.15, 0.2) is 24.3 Å². The summed E-state index contributed by atoms with van der Waals surface area (Å²) >= 11 is 3.82. The number of benzene rings is 1. The molecule has 0 atom stereocenters.